The Kier molecular flexibility index (Phi) is 3.53. The highest BCUT2D eigenvalue weighted by Gasteiger charge is 2.00. The van der Waals surface area contributed by atoms with Crippen LogP contribution in [0, 0.1) is 0 Å². The van der Waals surface area contributed by atoms with Crippen LogP contribution < -0.4 is 0 Å². The summed E-state index contributed by atoms with van der Waals surface area (Å²) in [4.78, 5) is 0. The van der Waals surface area contributed by atoms with Crippen molar-refractivity contribution in [2.75, 3.05) is 6.61 Å². The molecule has 0 aliphatic rings. The summed E-state index contributed by atoms with van der Waals surface area (Å²) in [6.45, 7) is 3.80. The van der Waals surface area contributed by atoms with Crippen LogP contribution in [-0.4, -0.2) is 16.8 Å². The molecule has 2 nitrogen and oxygen atoms in total. The lowest BCUT2D eigenvalue weighted by Gasteiger charge is -2.04. The number of benzene rings is 1. The molecule has 0 unspecified atom stereocenters. The first-order chi connectivity index (χ1) is 6.27. The van der Waals surface area contributed by atoms with Gasteiger partial charge in [0.1, 0.15) is 5.75 Å². The minimum Gasteiger partial charge on any atom is -0.508 e. The van der Waals surface area contributed by atoms with Gasteiger partial charge in [-0.2, -0.15) is 0 Å². The standard InChI is InChI=1S/C11H14O2/c1-2-9-5-6-11(13)10(8-9)4-3-7-12/h2,5-6,8,12-13H,1,3-4,7H2. The molecule has 2 N–H and O–H groups in total. The normalized spacial score (nSPS) is 9.92. The Morgan fingerprint density at radius 1 is 1.38 bits per heavy atom. The first-order valence-electron chi connectivity index (χ1n) is 4.33. The molecule has 2 heteroatoms. The Balaban J connectivity index is 2.83. The van der Waals surface area contributed by atoms with E-state index >= 15 is 0 Å². The summed E-state index contributed by atoms with van der Waals surface area (Å²) in [5.41, 5.74) is 1.86. The van der Waals surface area contributed by atoms with E-state index in [1.807, 2.05) is 12.1 Å². The van der Waals surface area contributed by atoms with Crippen molar-refractivity contribution in [3.05, 3.63) is 35.9 Å². The highest BCUT2D eigenvalue weighted by molar-refractivity contribution is 5.51. The second-order valence-corrected chi connectivity index (χ2v) is 2.92. The maximum Gasteiger partial charge on any atom is 0.118 e. The smallest absolute Gasteiger partial charge is 0.118 e. The van der Waals surface area contributed by atoms with Crippen molar-refractivity contribution in [3.8, 4) is 5.75 Å². The van der Waals surface area contributed by atoms with Crippen molar-refractivity contribution in [2.45, 2.75) is 12.8 Å². The molecule has 1 aromatic carbocycles. The van der Waals surface area contributed by atoms with E-state index in [2.05, 4.69) is 6.58 Å². The van der Waals surface area contributed by atoms with Crippen LogP contribution in [0.2, 0.25) is 0 Å². The zero-order valence-electron chi connectivity index (χ0n) is 7.53. The Morgan fingerprint density at radius 2 is 2.15 bits per heavy atom. The monoisotopic (exact) mass is 178 g/mol. The molecule has 0 aromatic heterocycles. The summed E-state index contributed by atoms with van der Waals surface area (Å²) in [6.07, 6.45) is 3.11. The zero-order valence-corrected chi connectivity index (χ0v) is 7.53. The first kappa shape index (κ1) is 9.81. The van der Waals surface area contributed by atoms with Crippen LogP contribution >= 0.6 is 0 Å². The number of aromatic hydroxyl groups is 1. The van der Waals surface area contributed by atoms with Crippen molar-refractivity contribution >= 4 is 6.08 Å². The molecule has 13 heavy (non-hydrogen) atoms. The second kappa shape index (κ2) is 4.67. The first-order valence-corrected chi connectivity index (χ1v) is 4.33. The fourth-order valence-electron chi connectivity index (χ4n) is 1.20. The molecule has 0 bridgehead atoms. The van der Waals surface area contributed by atoms with Crippen molar-refractivity contribution < 1.29 is 10.2 Å². The minimum absolute atomic E-state index is 0.151. The Labute approximate surface area is 78.2 Å². The molecule has 1 rings (SSSR count). The van der Waals surface area contributed by atoms with Crippen LogP contribution in [0.3, 0.4) is 0 Å². The molecule has 0 radical (unpaired) electrons. The van der Waals surface area contributed by atoms with Gasteiger partial charge < -0.3 is 10.2 Å². The molecule has 0 saturated heterocycles. The van der Waals surface area contributed by atoms with Gasteiger partial charge in [0.2, 0.25) is 0 Å². The molecule has 0 spiro atoms. The van der Waals surface area contributed by atoms with E-state index in [9.17, 15) is 5.11 Å². The fourth-order valence-corrected chi connectivity index (χ4v) is 1.20. The van der Waals surface area contributed by atoms with E-state index in [1.165, 1.54) is 0 Å². The number of hydrogen-bond acceptors (Lipinski definition) is 2. The Bertz CT molecular complexity index is 292. The van der Waals surface area contributed by atoms with Crippen LogP contribution in [0.5, 0.6) is 5.75 Å². The van der Waals surface area contributed by atoms with Gasteiger partial charge in [-0.05, 0) is 36.1 Å². The number of rotatable bonds is 4. The number of hydrogen-bond donors (Lipinski definition) is 2. The molecule has 70 valence electrons. The highest BCUT2D eigenvalue weighted by Crippen LogP contribution is 2.20. The molecule has 0 atom stereocenters. The van der Waals surface area contributed by atoms with Crippen molar-refractivity contribution in [3.63, 3.8) is 0 Å². The van der Waals surface area contributed by atoms with Gasteiger partial charge in [0.15, 0.2) is 0 Å². The van der Waals surface area contributed by atoms with Crippen molar-refractivity contribution in [1.82, 2.24) is 0 Å². The van der Waals surface area contributed by atoms with Gasteiger partial charge in [-0.25, -0.2) is 0 Å². The lowest BCUT2D eigenvalue weighted by Crippen LogP contribution is -1.90. The van der Waals surface area contributed by atoms with E-state index < -0.39 is 0 Å². The number of aliphatic hydroxyl groups excluding tert-OH is 1. The molecule has 0 aliphatic heterocycles. The topological polar surface area (TPSA) is 40.5 Å². The third-order valence-electron chi connectivity index (χ3n) is 1.94. The van der Waals surface area contributed by atoms with Gasteiger partial charge in [-0.3, -0.25) is 0 Å². The Morgan fingerprint density at radius 3 is 2.77 bits per heavy atom. The van der Waals surface area contributed by atoms with E-state index in [0.29, 0.717) is 18.6 Å². The van der Waals surface area contributed by atoms with Gasteiger partial charge in [0.25, 0.3) is 0 Å². The summed E-state index contributed by atoms with van der Waals surface area (Å²) in [6, 6.07) is 5.35. The number of phenols is 1. The van der Waals surface area contributed by atoms with Crippen LogP contribution in [0.1, 0.15) is 17.5 Å². The van der Waals surface area contributed by atoms with Gasteiger partial charge >= 0.3 is 0 Å². The minimum atomic E-state index is 0.151. The third-order valence-corrected chi connectivity index (χ3v) is 1.94. The predicted octanol–water partition coefficient (Wildman–Crippen LogP) is 1.96. The van der Waals surface area contributed by atoms with Gasteiger partial charge in [-0.1, -0.05) is 18.7 Å². The maximum absolute atomic E-state index is 9.44. The van der Waals surface area contributed by atoms with Crippen LogP contribution in [0.4, 0.5) is 0 Å². The van der Waals surface area contributed by atoms with Crippen LogP contribution in [0.25, 0.3) is 6.08 Å². The average Bonchev–Trinajstić information content (AvgIpc) is 2.17. The van der Waals surface area contributed by atoms with Crippen LogP contribution in [-0.2, 0) is 6.42 Å². The summed E-state index contributed by atoms with van der Waals surface area (Å²) < 4.78 is 0. The molecule has 0 aliphatic carbocycles. The predicted molar refractivity (Wildman–Crippen MR) is 53.6 cm³/mol. The summed E-state index contributed by atoms with van der Waals surface area (Å²) in [5, 5.41) is 18.1. The van der Waals surface area contributed by atoms with Crippen molar-refractivity contribution in [2.24, 2.45) is 0 Å². The molecule has 0 amide bonds. The lowest BCUT2D eigenvalue weighted by molar-refractivity contribution is 0.288. The van der Waals surface area contributed by atoms with Gasteiger partial charge in [-0.15, -0.1) is 0 Å². The van der Waals surface area contributed by atoms with E-state index in [4.69, 9.17) is 5.11 Å². The molecule has 0 fully saturated rings. The highest BCUT2D eigenvalue weighted by atomic mass is 16.3. The summed E-state index contributed by atoms with van der Waals surface area (Å²) in [7, 11) is 0. The molecule has 0 saturated carbocycles. The summed E-state index contributed by atoms with van der Waals surface area (Å²) in [5.74, 6) is 0.291. The number of aryl methyl sites for hydroxylation is 1. The largest absolute Gasteiger partial charge is 0.508 e. The Hall–Kier alpha value is -1.28. The quantitative estimate of drug-likeness (QED) is 0.740. The van der Waals surface area contributed by atoms with E-state index in [-0.39, 0.29) is 6.61 Å². The lowest BCUT2D eigenvalue weighted by atomic mass is 10.1. The van der Waals surface area contributed by atoms with Gasteiger partial charge in [0, 0.05) is 6.61 Å². The zero-order chi connectivity index (χ0) is 9.68. The van der Waals surface area contributed by atoms with Crippen LogP contribution in [0.15, 0.2) is 24.8 Å². The second-order valence-electron chi connectivity index (χ2n) is 2.92. The number of aliphatic hydroxyl groups is 1. The summed E-state index contributed by atoms with van der Waals surface area (Å²) >= 11 is 0. The molecular formula is C11H14O2. The average molecular weight is 178 g/mol. The number of phenolic OH excluding ortho intramolecular Hbond substituents is 1. The van der Waals surface area contributed by atoms with E-state index in [0.717, 1.165) is 11.1 Å². The SMILES string of the molecule is C=Cc1ccc(O)c(CCCO)c1. The molecule has 0 heterocycles. The maximum atomic E-state index is 9.44. The molecule has 1 aromatic rings. The third kappa shape index (κ3) is 2.60. The van der Waals surface area contributed by atoms with Crippen molar-refractivity contribution in [1.29, 1.82) is 0 Å². The molecular weight excluding hydrogens is 164 g/mol. The fraction of sp³-hybridized carbons (Fsp3) is 0.273. The van der Waals surface area contributed by atoms with E-state index in [1.54, 1.807) is 12.1 Å². The van der Waals surface area contributed by atoms with Gasteiger partial charge in [0.05, 0.1) is 0 Å².